The molecule has 0 aromatic carbocycles. The summed E-state index contributed by atoms with van der Waals surface area (Å²) in [6.07, 6.45) is 1.02. The van der Waals surface area contributed by atoms with Gasteiger partial charge in [0.1, 0.15) is 5.78 Å². The largest absolute Gasteiger partial charge is 0.380 e. The number of carbonyl (C=O) groups is 4. The van der Waals surface area contributed by atoms with Crippen LogP contribution in [0.15, 0.2) is 0 Å². The second-order valence-electron chi connectivity index (χ2n) is 7.21. The number of ketones is 1. The van der Waals surface area contributed by atoms with Crippen LogP contribution in [0.1, 0.15) is 53.9 Å². The summed E-state index contributed by atoms with van der Waals surface area (Å²) in [5, 5.41) is 2.51. The molecule has 0 rings (SSSR count). The molecule has 0 atom stereocenters. The van der Waals surface area contributed by atoms with E-state index in [1.165, 1.54) is 7.05 Å². The van der Waals surface area contributed by atoms with E-state index >= 15 is 0 Å². The first-order valence-corrected chi connectivity index (χ1v) is 10.3. The Morgan fingerprint density at radius 3 is 1.39 bits per heavy atom. The fraction of sp³-hybridized carbons (Fsp3) is 0.818. The van der Waals surface area contributed by atoms with Gasteiger partial charge < -0.3 is 35.7 Å². The van der Waals surface area contributed by atoms with Crippen LogP contribution in [0.4, 0.5) is 0 Å². The summed E-state index contributed by atoms with van der Waals surface area (Å²) >= 11 is 0. The number of amides is 3. The van der Waals surface area contributed by atoms with Gasteiger partial charge in [0.15, 0.2) is 0 Å². The monoisotopic (exact) mass is 479 g/mol. The Hall–Kier alpha value is -2.08. The van der Waals surface area contributed by atoms with Crippen molar-refractivity contribution >= 4 is 23.5 Å². The summed E-state index contributed by atoms with van der Waals surface area (Å²) in [5.41, 5.74) is 9.50. The average molecular weight is 480 g/mol. The zero-order valence-electron chi connectivity index (χ0n) is 18.6. The highest BCUT2D eigenvalue weighted by Gasteiger charge is 2.33. The Labute approximate surface area is 198 Å². The summed E-state index contributed by atoms with van der Waals surface area (Å²) in [6.45, 7) is 2.96. The Balaban J connectivity index is -0.00000450. The second-order valence-corrected chi connectivity index (χ2v) is 7.21. The lowest BCUT2D eigenvalue weighted by Crippen LogP contribution is -2.42. The van der Waals surface area contributed by atoms with Gasteiger partial charge in [-0.15, -0.1) is 0 Å². The van der Waals surface area contributed by atoms with Crippen molar-refractivity contribution in [3.05, 3.63) is 0 Å². The zero-order chi connectivity index (χ0) is 23.5. The normalized spacial score (nSPS) is 10.6. The van der Waals surface area contributed by atoms with E-state index in [9.17, 15) is 19.2 Å². The Morgan fingerprint density at radius 1 is 0.697 bits per heavy atom. The molecule has 0 fully saturated rings. The van der Waals surface area contributed by atoms with E-state index in [-0.39, 0.29) is 105 Å². The number of nitrogens with two attached hydrogens (primary N) is 2. The fourth-order valence-electron chi connectivity index (χ4n) is 2.40. The topological polar surface area (TPSA) is 169 Å². The minimum atomic E-state index is -0.784. The molecule has 0 unspecified atom stereocenters. The van der Waals surface area contributed by atoms with Crippen molar-refractivity contribution in [1.29, 1.82) is 0 Å². The van der Waals surface area contributed by atoms with Crippen LogP contribution >= 0.6 is 0 Å². The third-order valence-corrected chi connectivity index (χ3v) is 4.29. The van der Waals surface area contributed by atoms with Crippen LogP contribution in [-0.2, 0) is 38.1 Å². The molecular weight excluding hydrogens is 434 g/mol. The van der Waals surface area contributed by atoms with Crippen molar-refractivity contribution in [1.82, 2.24) is 5.32 Å². The molecule has 0 spiro atoms. The highest BCUT2D eigenvalue weighted by atomic mass is 16.5. The molecule has 11 nitrogen and oxygen atoms in total. The predicted molar refractivity (Wildman–Crippen MR) is 125 cm³/mol. The van der Waals surface area contributed by atoms with Gasteiger partial charge in [-0.3, -0.25) is 19.2 Å². The van der Waals surface area contributed by atoms with E-state index < -0.39 is 17.2 Å². The maximum Gasteiger partial charge on any atom is 0.222 e. The van der Waals surface area contributed by atoms with Crippen molar-refractivity contribution in [3.8, 4) is 0 Å². The third-order valence-electron chi connectivity index (χ3n) is 4.29. The summed E-state index contributed by atoms with van der Waals surface area (Å²) in [6, 6.07) is 0. The first kappa shape index (κ1) is 35.5. The van der Waals surface area contributed by atoms with Crippen LogP contribution in [0.2, 0.25) is 0 Å². The van der Waals surface area contributed by atoms with Crippen LogP contribution < -0.4 is 16.8 Å². The highest BCUT2D eigenvalue weighted by molar-refractivity contribution is 5.78. The second kappa shape index (κ2) is 21.7. The molecule has 33 heavy (non-hydrogen) atoms. The molecule has 0 bridgehead atoms. The molecule has 5 N–H and O–H groups in total. The fourth-order valence-corrected chi connectivity index (χ4v) is 2.40. The number of nitrogens with one attached hydrogen (secondary N) is 1. The van der Waals surface area contributed by atoms with Gasteiger partial charge in [0.25, 0.3) is 0 Å². The molecule has 3 amide bonds. The molecule has 0 saturated heterocycles. The van der Waals surface area contributed by atoms with Crippen LogP contribution in [0.5, 0.6) is 0 Å². The van der Waals surface area contributed by atoms with Crippen molar-refractivity contribution in [3.63, 3.8) is 0 Å². The lowest BCUT2D eigenvalue weighted by molar-refractivity contribution is -0.127. The van der Waals surface area contributed by atoms with Crippen molar-refractivity contribution < 1.29 is 38.1 Å². The number of hydrogen-bond donors (Lipinski definition) is 3. The quantitative estimate of drug-likeness (QED) is 0.201. The summed E-state index contributed by atoms with van der Waals surface area (Å²) in [4.78, 5) is 44.8. The van der Waals surface area contributed by atoms with Crippen molar-refractivity contribution in [2.45, 2.75) is 53.9 Å². The number of rotatable bonds is 21. The lowest BCUT2D eigenvalue weighted by Gasteiger charge is -2.33. The maximum absolute atomic E-state index is 11.5. The summed E-state index contributed by atoms with van der Waals surface area (Å²) in [7, 11) is 1.54. The number of hydrogen-bond acceptors (Lipinski definition) is 8. The molecule has 11 heteroatoms. The SMILES string of the molecule is C.C.CCC(=O)CCOCC(COCCC(N)=O)(COCCC(N)=O)COCCC(=O)NC. The van der Waals surface area contributed by atoms with Gasteiger partial charge in [0.05, 0.1) is 58.3 Å². The zero-order valence-corrected chi connectivity index (χ0v) is 18.6. The number of carbonyl (C=O) groups excluding carboxylic acids is 4. The predicted octanol–water partition coefficient (Wildman–Crippen LogP) is 0.568. The van der Waals surface area contributed by atoms with Crippen molar-refractivity contribution in [2.75, 3.05) is 59.9 Å². The van der Waals surface area contributed by atoms with Gasteiger partial charge in [-0.25, -0.2) is 0 Å². The first-order valence-electron chi connectivity index (χ1n) is 10.3. The highest BCUT2D eigenvalue weighted by Crippen LogP contribution is 2.21. The van der Waals surface area contributed by atoms with E-state index in [1.807, 2.05) is 0 Å². The lowest BCUT2D eigenvalue weighted by atomic mass is 9.92. The number of primary amides is 2. The molecule has 0 aliphatic rings. The maximum atomic E-state index is 11.5. The Kier molecular flexibility index (Phi) is 23.4. The van der Waals surface area contributed by atoms with Crippen LogP contribution in [0.25, 0.3) is 0 Å². The van der Waals surface area contributed by atoms with Crippen LogP contribution in [0, 0.1) is 5.41 Å². The van der Waals surface area contributed by atoms with Crippen LogP contribution in [0.3, 0.4) is 0 Å². The van der Waals surface area contributed by atoms with Crippen molar-refractivity contribution in [2.24, 2.45) is 16.9 Å². The molecule has 0 aromatic rings. The van der Waals surface area contributed by atoms with Gasteiger partial charge in [0, 0.05) is 39.2 Å². The summed E-state index contributed by atoms with van der Waals surface area (Å²) in [5.74, 6) is -1.04. The minimum absolute atomic E-state index is 0. The molecule has 0 aliphatic carbocycles. The molecule has 0 aromatic heterocycles. The van der Waals surface area contributed by atoms with Gasteiger partial charge in [-0.05, 0) is 0 Å². The van der Waals surface area contributed by atoms with E-state index in [0.29, 0.717) is 6.42 Å². The molecule has 0 radical (unpaired) electrons. The van der Waals surface area contributed by atoms with Gasteiger partial charge in [0.2, 0.25) is 17.7 Å². The van der Waals surface area contributed by atoms with E-state index in [1.54, 1.807) is 6.92 Å². The standard InChI is InChI=1S/C20H37N3O8.2CH4/c1-3-16(24)4-8-28-12-20(13-29-9-5-17(21)25,14-30-10-6-18(22)26)15-31-11-7-19(27)23-2;;/h3-15H2,1-2H3,(H2,21,25)(H2,22,26)(H,23,27);2*1H4. The molecule has 0 saturated carbocycles. The average Bonchev–Trinajstić information content (AvgIpc) is 2.73. The molecule has 0 aliphatic heterocycles. The van der Waals surface area contributed by atoms with Gasteiger partial charge in [-0.1, -0.05) is 21.8 Å². The molecule has 196 valence electrons. The van der Waals surface area contributed by atoms with E-state index in [2.05, 4.69) is 5.32 Å². The third kappa shape index (κ3) is 20.3. The first-order chi connectivity index (χ1) is 14.7. The van der Waals surface area contributed by atoms with Gasteiger partial charge in [-0.2, -0.15) is 0 Å². The number of Topliss-reactive ketones (excluding diaryl/α,β-unsaturated/α-hetero) is 1. The smallest absolute Gasteiger partial charge is 0.222 e. The van der Waals surface area contributed by atoms with E-state index in [4.69, 9.17) is 30.4 Å². The van der Waals surface area contributed by atoms with Crippen LogP contribution in [-0.4, -0.2) is 83.4 Å². The number of ether oxygens (including phenoxy) is 4. The molecule has 0 heterocycles. The minimum Gasteiger partial charge on any atom is -0.380 e. The Morgan fingerprint density at radius 2 is 1.06 bits per heavy atom. The Bertz CT molecular complexity index is 510. The van der Waals surface area contributed by atoms with Gasteiger partial charge >= 0.3 is 0 Å². The van der Waals surface area contributed by atoms with E-state index in [0.717, 1.165) is 0 Å². The summed E-state index contributed by atoms with van der Waals surface area (Å²) < 4.78 is 22.6. The molecular formula is C22H45N3O8.